The average Bonchev–Trinajstić information content (AvgIpc) is 2.26. The lowest BCUT2D eigenvalue weighted by atomic mass is 10.1. The van der Waals surface area contributed by atoms with Crippen molar-refractivity contribution in [2.24, 2.45) is 5.22 Å². The van der Waals surface area contributed by atoms with E-state index in [2.05, 4.69) is 15.6 Å². The predicted octanol–water partition coefficient (Wildman–Crippen LogP) is 1.81. The van der Waals surface area contributed by atoms with E-state index < -0.39 is 12.0 Å². The Morgan fingerprint density at radius 1 is 1.56 bits per heavy atom. The van der Waals surface area contributed by atoms with E-state index in [4.69, 9.17) is 10.6 Å². The van der Waals surface area contributed by atoms with Gasteiger partial charge in [-0.3, -0.25) is 0 Å². The summed E-state index contributed by atoms with van der Waals surface area (Å²) < 4.78 is 0. The molecule has 6 heteroatoms. The molecule has 0 heterocycles. The third-order valence-corrected chi connectivity index (χ3v) is 2.12. The molecule has 0 spiro atoms. The number of azide groups is 1. The van der Waals surface area contributed by atoms with E-state index >= 15 is 0 Å². The highest BCUT2D eigenvalue weighted by molar-refractivity contribution is 5.73. The Morgan fingerprint density at radius 2 is 2.19 bits per heavy atom. The normalized spacial score (nSPS) is 11.3. The van der Waals surface area contributed by atoms with Crippen molar-refractivity contribution in [2.45, 2.75) is 19.4 Å². The zero-order valence-electron chi connectivity index (χ0n) is 8.79. The Labute approximate surface area is 92.5 Å². The standard InChI is InChI=1S/C10H12N4O2/c1-7-2-4-8(5-3-7)6-9(10(15)16)12-14-13-11/h2-5,9,12H,6H2,1H3,(H,15,16)/t9-/m0/s1. The summed E-state index contributed by atoms with van der Waals surface area (Å²) in [5.41, 5.74) is 12.3. The van der Waals surface area contributed by atoms with Crippen LogP contribution in [0.3, 0.4) is 0 Å². The summed E-state index contributed by atoms with van der Waals surface area (Å²) in [6.07, 6.45) is 0.272. The summed E-state index contributed by atoms with van der Waals surface area (Å²) in [5, 5.41) is 11.9. The van der Waals surface area contributed by atoms with Gasteiger partial charge in [0, 0.05) is 6.42 Å². The third-order valence-electron chi connectivity index (χ3n) is 2.12. The third kappa shape index (κ3) is 3.51. The molecule has 0 saturated heterocycles. The highest BCUT2D eigenvalue weighted by Gasteiger charge is 2.19. The number of carboxylic acid groups (broad SMARTS) is 1. The lowest BCUT2D eigenvalue weighted by molar-refractivity contribution is -0.139. The van der Waals surface area contributed by atoms with Crippen LogP contribution < -0.4 is 5.43 Å². The molecule has 1 rings (SSSR count). The molecule has 84 valence electrons. The van der Waals surface area contributed by atoms with Crippen LogP contribution in [0, 0.1) is 6.92 Å². The number of nitrogens with one attached hydrogen (secondary N) is 1. The van der Waals surface area contributed by atoms with Crippen molar-refractivity contribution in [3.05, 3.63) is 45.8 Å². The smallest absolute Gasteiger partial charge is 0.349 e. The molecule has 0 aliphatic carbocycles. The first kappa shape index (κ1) is 11.9. The summed E-state index contributed by atoms with van der Waals surface area (Å²) in [6, 6.07) is 6.61. The largest absolute Gasteiger partial charge is 0.478 e. The fraction of sp³-hybridized carbons (Fsp3) is 0.300. The number of benzene rings is 1. The molecule has 0 aromatic heterocycles. The Balaban J connectivity index is 2.71. The quantitative estimate of drug-likeness (QED) is 0.342. The van der Waals surface area contributed by atoms with Crippen molar-refractivity contribution in [1.29, 1.82) is 0 Å². The summed E-state index contributed by atoms with van der Waals surface area (Å²) >= 11 is 0. The Morgan fingerprint density at radius 3 is 2.69 bits per heavy atom. The number of aliphatic carboxylic acids is 1. The van der Waals surface area contributed by atoms with Gasteiger partial charge in [0.15, 0.2) is 6.04 Å². The van der Waals surface area contributed by atoms with Crippen molar-refractivity contribution in [1.82, 2.24) is 5.43 Å². The number of hydrogen-bond acceptors (Lipinski definition) is 2. The molecule has 0 saturated carbocycles. The van der Waals surface area contributed by atoms with Crippen molar-refractivity contribution in [3.63, 3.8) is 0 Å². The van der Waals surface area contributed by atoms with Gasteiger partial charge >= 0.3 is 5.97 Å². The molecule has 2 N–H and O–H groups in total. The SMILES string of the molecule is Cc1ccc(C[C@H](NN=[N+]=[N-])C(=O)O)cc1. The zero-order valence-corrected chi connectivity index (χ0v) is 8.79. The molecule has 1 aromatic carbocycles. The van der Waals surface area contributed by atoms with Crippen LogP contribution in [0.15, 0.2) is 29.5 Å². The van der Waals surface area contributed by atoms with Crippen molar-refractivity contribution < 1.29 is 9.90 Å². The van der Waals surface area contributed by atoms with Gasteiger partial charge in [-0.1, -0.05) is 29.8 Å². The van der Waals surface area contributed by atoms with Crippen molar-refractivity contribution in [2.75, 3.05) is 0 Å². The zero-order chi connectivity index (χ0) is 12.0. The van der Waals surface area contributed by atoms with Crippen LogP contribution >= 0.6 is 0 Å². The second-order valence-electron chi connectivity index (χ2n) is 3.40. The Kier molecular flexibility index (Phi) is 4.17. The van der Waals surface area contributed by atoms with Gasteiger partial charge in [-0.25, -0.2) is 10.2 Å². The van der Waals surface area contributed by atoms with Crippen LogP contribution in [0.4, 0.5) is 0 Å². The van der Waals surface area contributed by atoms with Gasteiger partial charge in [0.1, 0.15) is 0 Å². The van der Waals surface area contributed by atoms with Gasteiger partial charge in [0.05, 0.1) is 0 Å². The van der Waals surface area contributed by atoms with Gasteiger partial charge < -0.3 is 5.11 Å². The average molecular weight is 220 g/mol. The molecule has 0 radical (unpaired) electrons. The minimum absolute atomic E-state index is 0.272. The van der Waals surface area contributed by atoms with Gasteiger partial charge in [-0.15, -0.1) is 5.53 Å². The maximum atomic E-state index is 10.8. The number of aryl methyl sites for hydroxylation is 1. The number of carboxylic acids is 1. The molecule has 16 heavy (non-hydrogen) atoms. The second kappa shape index (κ2) is 5.63. The Hall–Kier alpha value is -2.20. The van der Waals surface area contributed by atoms with E-state index in [0.29, 0.717) is 0 Å². The molecule has 0 aliphatic rings. The summed E-state index contributed by atoms with van der Waals surface area (Å²) in [6.45, 7) is 1.96. The van der Waals surface area contributed by atoms with E-state index in [0.717, 1.165) is 11.1 Å². The molecule has 1 atom stereocenters. The first-order valence-electron chi connectivity index (χ1n) is 4.71. The number of rotatable bonds is 5. The summed E-state index contributed by atoms with van der Waals surface area (Å²) in [7, 11) is 0. The topological polar surface area (TPSA) is 98.1 Å². The van der Waals surface area contributed by atoms with E-state index in [1.54, 1.807) is 0 Å². The fourth-order valence-electron chi connectivity index (χ4n) is 1.24. The van der Waals surface area contributed by atoms with Crippen LogP contribution in [-0.4, -0.2) is 17.1 Å². The lowest BCUT2D eigenvalue weighted by Crippen LogP contribution is -2.34. The minimum atomic E-state index is -1.05. The van der Waals surface area contributed by atoms with E-state index in [9.17, 15) is 4.79 Å². The first-order chi connectivity index (χ1) is 7.63. The molecule has 6 nitrogen and oxygen atoms in total. The highest BCUT2D eigenvalue weighted by Crippen LogP contribution is 2.06. The van der Waals surface area contributed by atoms with Crippen LogP contribution in [0.2, 0.25) is 0 Å². The molecular weight excluding hydrogens is 208 g/mol. The van der Waals surface area contributed by atoms with Crippen molar-refractivity contribution in [3.8, 4) is 0 Å². The van der Waals surface area contributed by atoms with Gasteiger partial charge in [0.25, 0.3) is 0 Å². The summed E-state index contributed by atoms with van der Waals surface area (Å²) in [4.78, 5) is 13.3. The van der Waals surface area contributed by atoms with Gasteiger partial charge in [-0.05, 0) is 17.7 Å². The fourth-order valence-corrected chi connectivity index (χ4v) is 1.24. The highest BCUT2D eigenvalue weighted by atomic mass is 16.4. The predicted molar refractivity (Wildman–Crippen MR) is 58.6 cm³/mol. The number of hydrogen-bond donors (Lipinski definition) is 2. The number of carbonyl (C=O) groups is 1. The van der Waals surface area contributed by atoms with Gasteiger partial charge in [0.2, 0.25) is 0 Å². The number of nitrogens with zero attached hydrogens (tertiary/aromatic N) is 3. The molecule has 0 aliphatic heterocycles. The van der Waals surface area contributed by atoms with E-state index in [-0.39, 0.29) is 6.42 Å². The lowest BCUT2D eigenvalue weighted by Gasteiger charge is -2.08. The maximum Gasteiger partial charge on any atom is 0.349 e. The first-order valence-corrected chi connectivity index (χ1v) is 4.71. The molecular formula is C10H12N4O2. The second-order valence-corrected chi connectivity index (χ2v) is 3.40. The van der Waals surface area contributed by atoms with Crippen LogP contribution in [0.1, 0.15) is 11.1 Å². The molecule has 1 aromatic rings. The molecule has 0 fully saturated rings. The Bertz CT molecular complexity index is 409. The van der Waals surface area contributed by atoms with Crippen LogP contribution in [-0.2, 0) is 11.2 Å². The molecule has 0 amide bonds. The van der Waals surface area contributed by atoms with Crippen molar-refractivity contribution >= 4 is 5.97 Å². The van der Waals surface area contributed by atoms with Gasteiger partial charge in [-0.2, -0.15) is 4.91 Å². The molecule has 0 bridgehead atoms. The minimum Gasteiger partial charge on any atom is -0.478 e. The van der Waals surface area contributed by atoms with Crippen LogP contribution in [0.25, 0.3) is 10.4 Å². The van der Waals surface area contributed by atoms with E-state index in [1.807, 2.05) is 31.2 Å². The molecule has 0 unspecified atom stereocenters. The monoisotopic (exact) mass is 220 g/mol. The maximum absolute atomic E-state index is 10.8. The van der Waals surface area contributed by atoms with Crippen LogP contribution in [0.5, 0.6) is 0 Å². The van der Waals surface area contributed by atoms with E-state index in [1.165, 1.54) is 0 Å². The summed E-state index contributed by atoms with van der Waals surface area (Å²) in [5.74, 6) is -1.05.